The molecule has 0 fully saturated rings. The summed E-state index contributed by atoms with van der Waals surface area (Å²) in [5, 5.41) is 2.41. The molecule has 0 saturated heterocycles. The van der Waals surface area contributed by atoms with Gasteiger partial charge in [0.1, 0.15) is 11.4 Å². The van der Waals surface area contributed by atoms with E-state index >= 15 is 0 Å². The standard InChI is InChI=1S/C21H26O3/c1-21(2,3)24-20(23)13-7-11-18(22)15-14-17-10-6-9-16-8-4-5-12-19(16)17/h4-6,8-10,12H,7,11,13-15H2,1-3H3. The second-order valence-electron chi connectivity index (χ2n) is 7.12. The van der Waals surface area contributed by atoms with E-state index in [9.17, 15) is 9.59 Å². The van der Waals surface area contributed by atoms with E-state index in [0.29, 0.717) is 25.7 Å². The van der Waals surface area contributed by atoms with E-state index in [4.69, 9.17) is 4.74 Å². The van der Waals surface area contributed by atoms with E-state index in [2.05, 4.69) is 24.3 Å². The monoisotopic (exact) mass is 326 g/mol. The first-order valence-electron chi connectivity index (χ1n) is 8.55. The van der Waals surface area contributed by atoms with E-state index in [1.807, 2.05) is 39.0 Å². The lowest BCUT2D eigenvalue weighted by Gasteiger charge is -2.19. The zero-order valence-corrected chi connectivity index (χ0v) is 14.8. The minimum atomic E-state index is -0.463. The minimum absolute atomic E-state index is 0.200. The molecular weight excluding hydrogens is 300 g/mol. The highest BCUT2D eigenvalue weighted by Gasteiger charge is 2.16. The van der Waals surface area contributed by atoms with E-state index in [1.54, 1.807) is 0 Å². The molecule has 3 nitrogen and oxygen atoms in total. The summed E-state index contributed by atoms with van der Waals surface area (Å²) in [6, 6.07) is 14.4. The topological polar surface area (TPSA) is 43.4 Å². The molecule has 0 radical (unpaired) electrons. The average Bonchev–Trinajstić information content (AvgIpc) is 2.51. The Morgan fingerprint density at radius 3 is 2.38 bits per heavy atom. The third-order valence-electron chi connectivity index (χ3n) is 3.81. The smallest absolute Gasteiger partial charge is 0.306 e. The summed E-state index contributed by atoms with van der Waals surface area (Å²) in [4.78, 5) is 23.7. The number of aryl methyl sites for hydroxylation is 1. The molecule has 0 aromatic heterocycles. The highest BCUT2D eigenvalue weighted by Crippen LogP contribution is 2.20. The molecule has 0 saturated carbocycles. The van der Waals surface area contributed by atoms with Crippen LogP contribution in [0.1, 0.15) is 52.0 Å². The predicted molar refractivity (Wildman–Crippen MR) is 97.0 cm³/mol. The van der Waals surface area contributed by atoms with Gasteiger partial charge in [-0.15, -0.1) is 0 Å². The summed E-state index contributed by atoms with van der Waals surface area (Å²) in [5.74, 6) is -0.0316. The molecular formula is C21H26O3. The van der Waals surface area contributed by atoms with Crippen LogP contribution in [-0.2, 0) is 20.7 Å². The van der Waals surface area contributed by atoms with Crippen LogP contribution in [0.15, 0.2) is 42.5 Å². The Morgan fingerprint density at radius 2 is 1.62 bits per heavy atom. The molecule has 0 heterocycles. The highest BCUT2D eigenvalue weighted by atomic mass is 16.6. The molecule has 0 unspecified atom stereocenters. The molecule has 0 spiro atoms. The van der Waals surface area contributed by atoms with Gasteiger partial charge in [0.2, 0.25) is 0 Å². The van der Waals surface area contributed by atoms with Gasteiger partial charge < -0.3 is 4.74 Å². The number of fused-ring (bicyclic) bond motifs is 1. The largest absolute Gasteiger partial charge is 0.460 e. The fraction of sp³-hybridized carbons (Fsp3) is 0.429. The van der Waals surface area contributed by atoms with Crippen molar-refractivity contribution in [1.29, 1.82) is 0 Å². The number of Topliss-reactive ketones (excluding diaryl/α,β-unsaturated/α-hetero) is 1. The van der Waals surface area contributed by atoms with Crippen molar-refractivity contribution in [2.75, 3.05) is 0 Å². The lowest BCUT2D eigenvalue weighted by atomic mass is 9.99. The van der Waals surface area contributed by atoms with Gasteiger partial charge in [0, 0.05) is 19.3 Å². The number of ether oxygens (including phenoxy) is 1. The van der Waals surface area contributed by atoms with Crippen molar-refractivity contribution in [2.45, 2.75) is 58.5 Å². The van der Waals surface area contributed by atoms with Gasteiger partial charge in [-0.05, 0) is 49.9 Å². The molecule has 2 rings (SSSR count). The van der Waals surface area contributed by atoms with E-state index in [-0.39, 0.29) is 11.8 Å². The molecule has 0 aliphatic carbocycles. The van der Waals surface area contributed by atoms with Crippen molar-refractivity contribution in [3.05, 3.63) is 48.0 Å². The maximum absolute atomic E-state index is 12.1. The molecule has 0 bridgehead atoms. The quantitative estimate of drug-likeness (QED) is 0.683. The van der Waals surface area contributed by atoms with Crippen LogP contribution in [0.5, 0.6) is 0 Å². The van der Waals surface area contributed by atoms with Crippen molar-refractivity contribution in [1.82, 2.24) is 0 Å². The van der Waals surface area contributed by atoms with Crippen LogP contribution in [0, 0.1) is 0 Å². The Labute approximate surface area is 144 Å². The lowest BCUT2D eigenvalue weighted by molar-refractivity contribution is -0.154. The van der Waals surface area contributed by atoms with Gasteiger partial charge >= 0.3 is 5.97 Å². The zero-order valence-electron chi connectivity index (χ0n) is 14.8. The van der Waals surface area contributed by atoms with Gasteiger partial charge in [0.05, 0.1) is 0 Å². The van der Waals surface area contributed by atoms with Crippen molar-refractivity contribution < 1.29 is 14.3 Å². The van der Waals surface area contributed by atoms with Crippen LogP contribution < -0.4 is 0 Å². The highest BCUT2D eigenvalue weighted by molar-refractivity contribution is 5.86. The van der Waals surface area contributed by atoms with Gasteiger partial charge in [0.25, 0.3) is 0 Å². The Balaban J connectivity index is 1.78. The summed E-state index contributed by atoms with van der Waals surface area (Å²) < 4.78 is 5.25. The predicted octanol–water partition coefficient (Wildman–Crippen LogP) is 4.85. The van der Waals surface area contributed by atoms with Gasteiger partial charge in [-0.1, -0.05) is 42.5 Å². The molecule has 0 amide bonds. The number of esters is 1. The molecule has 0 atom stereocenters. The molecule has 0 aliphatic heterocycles. The number of carbonyl (C=O) groups excluding carboxylic acids is 2. The maximum Gasteiger partial charge on any atom is 0.306 e. The maximum atomic E-state index is 12.1. The van der Waals surface area contributed by atoms with E-state index in [1.165, 1.54) is 16.3 Å². The third-order valence-corrected chi connectivity index (χ3v) is 3.81. The van der Waals surface area contributed by atoms with Crippen LogP contribution >= 0.6 is 0 Å². The molecule has 128 valence electrons. The first-order valence-corrected chi connectivity index (χ1v) is 8.55. The summed E-state index contributed by atoms with van der Waals surface area (Å²) in [6.45, 7) is 5.54. The Kier molecular flexibility index (Phi) is 6.13. The number of ketones is 1. The summed E-state index contributed by atoms with van der Waals surface area (Å²) in [7, 11) is 0. The molecule has 3 heteroatoms. The summed E-state index contributed by atoms with van der Waals surface area (Å²) in [5.41, 5.74) is 0.740. The first kappa shape index (κ1) is 18.2. The lowest BCUT2D eigenvalue weighted by Crippen LogP contribution is -2.23. The second-order valence-corrected chi connectivity index (χ2v) is 7.12. The second kappa shape index (κ2) is 8.09. The van der Waals surface area contributed by atoms with Crippen LogP contribution in [-0.4, -0.2) is 17.4 Å². The summed E-state index contributed by atoms with van der Waals surface area (Å²) in [6.07, 6.45) is 2.56. The first-order chi connectivity index (χ1) is 11.3. The SMILES string of the molecule is CC(C)(C)OC(=O)CCCC(=O)CCc1cccc2ccccc12. The summed E-state index contributed by atoms with van der Waals surface area (Å²) >= 11 is 0. The van der Waals surface area contributed by atoms with Crippen molar-refractivity contribution in [3.63, 3.8) is 0 Å². The van der Waals surface area contributed by atoms with Gasteiger partial charge in [0.15, 0.2) is 0 Å². The molecule has 0 aliphatic rings. The van der Waals surface area contributed by atoms with Gasteiger partial charge in [-0.3, -0.25) is 9.59 Å². The third kappa shape index (κ3) is 5.80. The normalized spacial score (nSPS) is 11.5. The minimum Gasteiger partial charge on any atom is -0.460 e. The van der Waals surface area contributed by atoms with Crippen molar-refractivity contribution in [3.8, 4) is 0 Å². The molecule has 0 N–H and O–H groups in total. The fourth-order valence-corrected chi connectivity index (χ4v) is 2.73. The average molecular weight is 326 g/mol. The van der Waals surface area contributed by atoms with Crippen LogP contribution in [0.3, 0.4) is 0 Å². The van der Waals surface area contributed by atoms with Gasteiger partial charge in [-0.25, -0.2) is 0 Å². The molecule has 24 heavy (non-hydrogen) atoms. The van der Waals surface area contributed by atoms with Crippen LogP contribution in [0.2, 0.25) is 0 Å². The Hall–Kier alpha value is -2.16. The molecule has 2 aromatic rings. The van der Waals surface area contributed by atoms with Gasteiger partial charge in [-0.2, -0.15) is 0 Å². The fourth-order valence-electron chi connectivity index (χ4n) is 2.73. The molecule has 2 aromatic carbocycles. The zero-order chi connectivity index (χ0) is 17.6. The van der Waals surface area contributed by atoms with E-state index < -0.39 is 5.60 Å². The number of hydrogen-bond donors (Lipinski definition) is 0. The van der Waals surface area contributed by atoms with Crippen molar-refractivity contribution >= 4 is 22.5 Å². The Morgan fingerprint density at radius 1 is 0.917 bits per heavy atom. The van der Waals surface area contributed by atoms with E-state index in [0.717, 1.165) is 6.42 Å². The Bertz CT molecular complexity index is 705. The van der Waals surface area contributed by atoms with Crippen LogP contribution in [0.4, 0.5) is 0 Å². The number of carbonyl (C=O) groups is 2. The number of hydrogen-bond acceptors (Lipinski definition) is 3. The number of benzene rings is 2. The van der Waals surface area contributed by atoms with Crippen molar-refractivity contribution in [2.24, 2.45) is 0 Å². The number of rotatable bonds is 7. The van der Waals surface area contributed by atoms with Crippen LogP contribution in [0.25, 0.3) is 10.8 Å².